The molecule has 2 rings (SSSR count). The first-order valence-electron chi connectivity index (χ1n) is 10.0. The minimum atomic E-state index is -4.50. The Morgan fingerprint density at radius 2 is 2.03 bits per heavy atom. The lowest BCUT2D eigenvalue weighted by Gasteiger charge is -2.34. The predicted octanol–water partition coefficient (Wildman–Crippen LogP) is 3.55. The van der Waals surface area contributed by atoms with E-state index in [1.807, 2.05) is 4.90 Å². The summed E-state index contributed by atoms with van der Waals surface area (Å²) >= 11 is 0. The summed E-state index contributed by atoms with van der Waals surface area (Å²) in [5.41, 5.74) is 4.07. The molecule has 0 spiro atoms. The van der Waals surface area contributed by atoms with E-state index in [9.17, 15) is 18.0 Å². The third kappa shape index (κ3) is 7.11. The molecule has 30 heavy (non-hydrogen) atoms. The van der Waals surface area contributed by atoms with Crippen molar-refractivity contribution in [1.82, 2.24) is 10.2 Å². The molecular formula is C21H31F3N4O2. The SMILES string of the molecule is CN=C(NCc1ccc(OC(C)(C)C)cc1C(F)(F)F)N1CCCC(CC(N)=O)C1. The summed E-state index contributed by atoms with van der Waals surface area (Å²) in [6, 6.07) is 4.01. The summed E-state index contributed by atoms with van der Waals surface area (Å²) in [6.45, 7) is 6.62. The third-order valence-corrected chi connectivity index (χ3v) is 4.77. The number of primary amides is 1. The van der Waals surface area contributed by atoms with Crippen LogP contribution in [0.2, 0.25) is 0 Å². The fourth-order valence-electron chi connectivity index (χ4n) is 3.61. The maximum absolute atomic E-state index is 13.6. The average molecular weight is 428 g/mol. The van der Waals surface area contributed by atoms with Crippen molar-refractivity contribution in [2.45, 2.75) is 58.4 Å². The fraction of sp³-hybridized carbons (Fsp3) is 0.619. The van der Waals surface area contributed by atoms with Crippen LogP contribution in [-0.2, 0) is 17.5 Å². The van der Waals surface area contributed by atoms with Crippen molar-refractivity contribution in [2.75, 3.05) is 20.1 Å². The van der Waals surface area contributed by atoms with Gasteiger partial charge >= 0.3 is 6.18 Å². The summed E-state index contributed by atoms with van der Waals surface area (Å²) in [5, 5.41) is 3.03. The average Bonchev–Trinajstić information content (AvgIpc) is 2.61. The van der Waals surface area contributed by atoms with Gasteiger partial charge in [-0.3, -0.25) is 9.79 Å². The predicted molar refractivity (Wildman–Crippen MR) is 110 cm³/mol. The van der Waals surface area contributed by atoms with Crippen LogP contribution in [0.25, 0.3) is 0 Å². The number of rotatable bonds is 5. The van der Waals surface area contributed by atoms with E-state index in [4.69, 9.17) is 10.5 Å². The van der Waals surface area contributed by atoms with Crippen LogP contribution in [0.4, 0.5) is 13.2 Å². The Hall–Kier alpha value is -2.45. The van der Waals surface area contributed by atoms with Crippen LogP contribution in [-0.4, -0.2) is 42.5 Å². The molecular weight excluding hydrogens is 397 g/mol. The van der Waals surface area contributed by atoms with E-state index in [1.54, 1.807) is 33.9 Å². The fourth-order valence-corrected chi connectivity index (χ4v) is 3.61. The standard InChI is InChI=1S/C21H31F3N4O2/c1-20(2,3)30-16-8-7-15(17(11-16)21(22,23)24)12-27-19(26-4)28-9-5-6-14(13-28)10-18(25)29/h7-8,11,14H,5-6,9-10,12-13H2,1-4H3,(H2,25,29)(H,26,27). The maximum atomic E-state index is 13.6. The number of carbonyl (C=O) groups excluding carboxylic acids is 1. The summed E-state index contributed by atoms with van der Waals surface area (Å²) in [7, 11) is 1.59. The van der Waals surface area contributed by atoms with E-state index in [1.165, 1.54) is 6.07 Å². The summed E-state index contributed by atoms with van der Waals surface area (Å²) in [6.07, 6.45) is -2.45. The highest BCUT2D eigenvalue weighted by atomic mass is 19.4. The minimum Gasteiger partial charge on any atom is -0.488 e. The van der Waals surface area contributed by atoms with Gasteiger partial charge in [-0.25, -0.2) is 0 Å². The molecule has 1 aromatic carbocycles. The van der Waals surface area contributed by atoms with Gasteiger partial charge in [0.15, 0.2) is 5.96 Å². The largest absolute Gasteiger partial charge is 0.488 e. The van der Waals surface area contributed by atoms with Gasteiger partial charge in [-0.2, -0.15) is 13.2 Å². The lowest BCUT2D eigenvalue weighted by atomic mass is 9.95. The Bertz CT molecular complexity index is 772. The first-order chi connectivity index (χ1) is 13.9. The van der Waals surface area contributed by atoms with E-state index in [0.717, 1.165) is 25.5 Å². The second kappa shape index (κ2) is 9.57. The number of aliphatic imine (C=N–C) groups is 1. The number of halogens is 3. The molecule has 6 nitrogen and oxygen atoms in total. The molecule has 0 aliphatic carbocycles. The number of likely N-dealkylation sites (tertiary alicyclic amines) is 1. The van der Waals surface area contributed by atoms with Crippen molar-refractivity contribution in [1.29, 1.82) is 0 Å². The number of guanidine groups is 1. The number of ether oxygens (including phenoxy) is 1. The van der Waals surface area contributed by atoms with Crippen LogP contribution < -0.4 is 15.8 Å². The number of nitrogens with one attached hydrogen (secondary N) is 1. The van der Waals surface area contributed by atoms with Crippen molar-refractivity contribution in [3.05, 3.63) is 29.3 Å². The number of nitrogens with two attached hydrogens (primary N) is 1. The van der Waals surface area contributed by atoms with Gasteiger partial charge in [-0.05, 0) is 57.2 Å². The Kier molecular flexibility index (Phi) is 7.60. The quantitative estimate of drug-likeness (QED) is 0.555. The Morgan fingerprint density at radius 3 is 2.60 bits per heavy atom. The molecule has 1 atom stereocenters. The number of benzene rings is 1. The zero-order valence-electron chi connectivity index (χ0n) is 18.0. The van der Waals surface area contributed by atoms with Gasteiger partial charge in [-0.15, -0.1) is 0 Å². The van der Waals surface area contributed by atoms with Crippen molar-refractivity contribution in [3.63, 3.8) is 0 Å². The number of carbonyl (C=O) groups is 1. The number of alkyl halides is 3. The van der Waals surface area contributed by atoms with E-state index in [-0.39, 0.29) is 29.7 Å². The van der Waals surface area contributed by atoms with Crippen molar-refractivity contribution in [2.24, 2.45) is 16.6 Å². The molecule has 1 unspecified atom stereocenters. The molecule has 1 amide bonds. The van der Waals surface area contributed by atoms with Crippen LogP contribution in [0, 0.1) is 5.92 Å². The highest BCUT2D eigenvalue weighted by molar-refractivity contribution is 5.80. The molecule has 1 saturated heterocycles. The topological polar surface area (TPSA) is 80.0 Å². The number of nitrogens with zero attached hydrogens (tertiary/aromatic N) is 2. The molecule has 168 valence electrons. The zero-order chi connectivity index (χ0) is 22.5. The summed E-state index contributed by atoms with van der Waals surface area (Å²) in [5.74, 6) is 0.451. The zero-order valence-corrected chi connectivity index (χ0v) is 18.0. The second-order valence-electron chi connectivity index (χ2n) is 8.56. The van der Waals surface area contributed by atoms with Gasteiger partial charge in [0.05, 0.1) is 5.56 Å². The number of piperidine rings is 1. The molecule has 1 fully saturated rings. The van der Waals surface area contributed by atoms with Gasteiger partial charge in [0, 0.05) is 33.1 Å². The highest BCUT2D eigenvalue weighted by Gasteiger charge is 2.34. The molecule has 0 aromatic heterocycles. The van der Waals surface area contributed by atoms with Crippen molar-refractivity contribution in [3.8, 4) is 5.75 Å². The normalized spacial score (nSPS) is 18.3. The molecule has 0 bridgehead atoms. The Balaban J connectivity index is 2.13. The third-order valence-electron chi connectivity index (χ3n) is 4.77. The van der Waals surface area contributed by atoms with Crippen LogP contribution >= 0.6 is 0 Å². The highest BCUT2D eigenvalue weighted by Crippen LogP contribution is 2.35. The van der Waals surface area contributed by atoms with Gasteiger partial charge in [0.2, 0.25) is 5.91 Å². The van der Waals surface area contributed by atoms with Crippen molar-refractivity contribution < 1.29 is 22.7 Å². The summed E-state index contributed by atoms with van der Waals surface area (Å²) in [4.78, 5) is 17.4. The Morgan fingerprint density at radius 1 is 1.33 bits per heavy atom. The first kappa shape index (κ1) is 23.8. The van der Waals surface area contributed by atoms with Crippen molar-refractivity contribution >= 4 is 11.9 Å². The minimum absolute atomic E-state index is 0.0334. The molecule has 0 radical (unpaired) electrons. The summed E-state index contributed by atoms with van der Waals surface area (Å²) < 4.78 is 46.5. The second-order valence-corrected chi connectivity index (χ2v) is 8.56. The van der Waals surface area contributed by atoms with Gasteiger partial charge < -0.3 is 20.7 Å². The van der Waals surface area contributed by atoms with E-state index in [2.05, 4.69) is 10.3 Å². The van der Waals surface area contributed by atoms with E-state index < -0.39 is 17.3 Å². The van der Waals surface area contributed by atoms with E-state index >= 15 is 0 Å². The molecule has 9 heteroatoms. The monoisotopic (exact) mass is 428 g/mol. The smallest absolute Gasteiger partial charge is 0.416 e. The van der Waals surface area contributed by atoms with Gasteiger partial charge in [0.1, 0.15) is 11.4 Å². The molecule has 1 aliphatic heterocycles. The maximum Gasteiger partial charge on any atom is 0.416 e. The van der Waals surface area contributed by atoms with Gasteiger partial charge in [0.25, 0.3) is 0 Å². The van der Waals surface area contributed by atoms with Crippen LogP contribution in [0.3, 0.4) is 0 Å². The molecule has 1 aromatic rings. The van der Waals surface area contributed by atoms with Gasteiger partial charge in [-0.1, -0.05) is 6.07 Å². The van der Waals surface area contributed by atoms with E-state index in [0.29, 0.717) is 18.9 Å². The molecule has 1 aliphatic rings. The lowest BCUT2D eigenvalue weighted by molar-refractivity contribution is -0.138. The number of hydrogen-bond acceptors (Lipinski definition) is 3. The van der Waals surface area contributed by atoms with Crippen LogP contribution in [0.1, 0.15) is 51.2 Å². The van der Waals surface area contributed by atoms with Crippen LogP contribution in [0.15, 0.2) is 23.2 Å². The first-order valence-corrected chi connectivity index (χ1v) is 10.0. The van der Waals surface area contributed by atoms with Crippen LogP contribution in [0.5, 0.6) is 5.75 Å². The number of amides is 1. The number of hydrogen-bond donors (Lipinski definition) is 2. The Labute approximate surface area is 175 Å². The molecule has 3 N–H and O–H groups in total. The molecule has 1 heterocycles. The molecule has 0 saturated carbocycles. The lowest BCUT2D eigenvalue weighted by Crippen LogP contribution is -2.47.